The highest BCUT2D eigenvalue weighted by Crippen LogP contribution is 2.38. The van der Waals surface area contributed by atoms with Crippen molar-refractivity contribution in [1.29, 1.82) is 0 Å². The van der Waals surface area contributed by atoms with Gasteiger partial charge in [-0.2, -0.15) is 0 Å². The molecule has 0 N–H and O–H groups in total. The molecule has 1 aromatic carbocycles. The number of rotatable bonds is 2. The molecule has 0 bridgehead atoms. The van der Waals surface area contributed by atoms with Gasteiger partial charge in [-0.25, -0.2) is 9.98 Å². The van der Waals surface area contributed by atoms with E-state index in [9.17, 15) is 4.79 Å². The van der Waals surface area contributed by atoms with E-state index in [1.165, 1.54) is 0 Å². The first-order valence-corrected chi connectivity index (χ1v) is 9.95. The minimum atomic E-state index is -0.00238. The molecule has 0 atom stereocenters. The maximum atomic E-state index is 13.4. The number of benzene rings is 1. The summed E-state index contributed by atoms with van der Waals surface area (Å²) in [5.41, 5.74) is 5.59. The standard InChI is InChI=1S/C23H26N4O2/c1-5-17-18(6-2)22(28)19(21-20(17)24-23(25-21)26(3)4)15-7-9-16(10-8-15)27-11-13-29-14-12-27/h5-10H,11-14H2,1-4H3/b17-5+,18-6+. The highest BCUT2D eigenvalue weighted by molar-refractivity contribution is 6.45. The van der Waals surface area contributed by atoms with Gasteiger partial charge in [-0.05, 0) is 31.5 Å². The monoisotopic (exact) mass is 390 g/mol. The Morgan fingerprint density at radius 3 is 2.24 bits per heavy atom. The fraction of sp³-hybridized carbons (Fsp3) is 0.348. The molecule has 0 unspecified atom stereocenters. The van der Waals surface area contributed by atoms with Gasteiger partial charge in [0.25, 0.3) is 0 Å². The smallest absolute Gasteiger partial charge is 0.226 e. The van der Waals surface area contributed by atoms with E-state index in [2.05, 4.69) is 17.0 Å². The highest BCUT2D eigenvalue weighted by Gasteiger charge is 2.36. The Hall–Kier alpha value is -2.99. The Morgan fingerprint density at radius 1 is 1.00 bits per heavy atom. The van der Waals surface area contributed by atoms with Crippen LogP contribution in [0.1, 0.15) is 19.4 Å². The van der Waals surface area contributed by atoms with Crippen LogP contribution in [-0.2, 0) is 9.53 Å². The molecule has 29 heavy (non-hydrogen) atoms. The number of aliphatic imine (C=N–C) groups is 2. The van der Waals surface area contributed by atoms with Crippen LogP contribution in [-0.4, -0.2) is 62.8 Å². The molecule has 0 aromatic heterocycles. The predicted molar refractivity (Wildman–Crippen MR) is 117 cm³/mol. The van der Waals surface area contributed by atoms with E-state index in [0.717, 1.165) is 48.8 Å². The molecule has 2 heterocycles. The predicted octanol–water partition coefficient (Wildman–Crippen LogP) is 3.08. The molecule has 1 saturated heterocycles. The van der Waals surface area contributed by atoms with Gasteiger partial charge in [0.15, 0.2) is 5.78 Å². The summed E-state index contributed by atoms with van der Waals surface area (Å²) in [7, 11) is 3.82. The number of fused-ring (bicyclic) bond motifs is 1. The second-order valence-electron chi connectivity index (χ2n) is 7.37. The topological polar surface area (TPSA) is 57.5 Å². The first-order valence-electron chi connectivity index (χ1n) is 9.95. The van der Waals surface area contributed by atoms with Gasteiger partial charge in [0, 0.05) is 44.0 Å². The van der Waals surface area contributed by atoms with Crippen molar-refractivity contribution in [2.24, 2.45) is 9.98 Å². The minimum Gasteiger partial charge on any atom is -0.378 e. The molecule has 0 spiro atoms. The molecule has 1 aromatic rings. The Morgan fingerprint density at radius 2 is 1.66 bits per heavy atom. The van der Waals surface area contributed by atoms with Crippen molar-refractivity contribution in [3.05, 3.63) is 58.8 Å². The number of anilines is 1. The third-order valence-corrected chi connectivity index (χ3v) is 5.41. The van der Waals surface area contributed by atoms with Crippen LogP contribution in [0.4, 0.5) is 5.69 Å². The van der Waals surface area contributed by atoms with Crippen molar-refractivity contribution >= 4 is 28.7 Å². The maximum Gasteiger partial charge on any atom is 0.226 e. The number of ketones is 1. The number of Topliss-reactive ketones (excluding diaryl/α,β-unsaturated/α-hetero) is 1. The summed E-state index contributed by atoms with van der Waals surface area (Å²) in [4.78, 5) is 27.0. The van der Waals surface area contributed by atoms with Crippen LogP contribution in [0.3, 0.4) is 0 Å². The summed E-state index contributed by atoms with van der Waals surface area (Å²) in [5.74, 6) is 0.611. The van der Waals surface area contributed by atoms with Crippen LogP contribution < -0.4 is 4.90 Å². The van der Waals surface area contributed by atoms with Crippen LogP contribution in [0.25, 0.3) is 5.57 Å². The maximum absolute atomic E-state index is 13.4. The zero-order valence-electron chi connectivity index (χ0n) is 17.4. The van der Waals surface area contributed by atoms with Crippen LogP contribution >= 0.6 is 0 Å². The van der Waals surface area contributed by atoms with Gasteiger partial charge in [-0.1, -0.05) is 24.3 Å². The second-order valence-corrected chi connectivity index (χ2v) is 7.37. The lowest BCUT2D eigenvalue weighted by molar-refractivity contribution is -0.110. The zero-order valence-corrected chi connectivity index (χ0v) is 17.4. The number of morpholine rings is 1. The number of guanidine groups is 1. The summed E-state index contributed by atoms with van der Waals surface area (Å²) in [6, 6.07) is 8.17. The summed E-state index contributed by atoms with van der Waals surface area (Å²) in [6.07, 6.45) is 3.81. The van der Waals surface area contributed by atoms with Gasteiger partial charge < -0.3 is 14.5 Å². The first kappa shape index (κ1) is 19.3. The Labute approximate surface area is 171 Å². The third-order valence-electron chi connectivity index (χ3n) is 5.41. The average molecular weight is 390 g/mol. The highest BCUT2D eigenvalue weighted by atomic mass is 16.5. The van der Waals surface area contributed by atoms with E-state index in [4.69, 9.17) is 14.7 Å². The fourth-order valence-corrected chi connectivity index (χ4v) is 3.89. The van der Waals surface area contributed by atoms with Gasteiger partial charge in [0.05, 0.1) is 18.8 Å². The van der Waals surface area contributed by atoms with Gasteiger partial charge in [0.1, 0.15) is 11.4 Å². The molecule has 0 amide bonds. The minimum absolute atomic E-state index is 0.00238. The number of hydrogen-bond acceptors (Lipinski definition) is 6. The van der Waals surface area contributed by atoms with Crippen LogP contribution in [0.5, 0.6) is 0 Å². The molecule has 0 saturated carbocycles. The van der Waals surface area contributed by atoms with E-state index in [-0.39, 0.29) is 5.78 Å². The summed E-state index contributed by atoms with van der Waals surface area (Å²) in [6.45, 7) is 7.08. The lowest BCUT2D eigenvalue weighted by atomic mass is 9.81. The molecular formula is C23H26N4O2. The Balaban J connectivity index is 1.81. The van der Waals surface area contributed by atoms with Crippen molar-refractivity contribution in [2.75, 3.05) is 45.3 Å². The summed E-state index contributed by atoms with van der Waals surface area (Å²) < 4.78 is 5.44. The van der Waals surface area contributed by atoms with Gasteiger partial charge in [0.2, 0.25) is 5.96 Å². The van der Waals surface area contributed by atoms with Crippen molar-refractivity contribution in [1.82, 2.24) is 4.90 Å². The van der Waals surface area contributed by atoms with E-state index < -0.39 is 0 Å². The molecule has 1 fully saturated rings. The number of carbonyl (C=O) groups excluding carboxylic acids is 1. The van der Waals surface area contributed by atoms with E-state index in [1.807, 2.05) is 57.1 Å². The largest absolute Gasteiger partial charge is 0.378 e. The molecule has 1 aliphatic carbocycles. The van der Waals surface area contributed by atoms with Crippen LogP contribution in [0.15, 0.2) is 63.2 Å². The van der Waals surface area contributed by atoms with Crippen molar-refractivity contribution in [3.63, 3.8) is 0 Å². The molecular weight excluding hydrogens is 364 g/mol. The zero-order chi connectivity index (χ0) is 20.5. The number of nitrogens with zero attached hydrogens (tertiary/aromatic N) is 4. The molecule has 6 nitrogen and oxygen atoms in total. The molecule has 6 heteroatoms. The van der Waals surface area contributed by atoms with Crippen LogP contribution in [0.2, 0.25) is 0 Å². The average Bonchev–Trinajstić information content (AvgIpc) is 3.18. The van der Waals surface area contributed by atoms with Gasteiger partial charge in [-0.3, -0.25) is 4.79 Å². The number of hydrogen-bond donors (Lipinski definition) is 0. The van der Waals surface area contributed by atoms with Crippen molar-refractivity contribution < 1.29 is 9.53 Å². The summed E-state index contributed by atoms with van der Waals surface area (Å²) >= 11 is 0. The molecule has 4 rings (SSSR count). The Bertz CT molecular complexity index is 988. The molecule has 2 aliphatic heterocycles. The second kappa shape index (κ2) is 7.79. The molecule has 3 aliphatic rings. The van der Waals surface area contributed by atoms with Crippen molar-refractivity contribution in [3.8, 4) is 0 Å². The van der Waals surface area contributed by atoms with Crippen LogP contribution in [0, 0.1) is 0 Å². The quantitative estimate of drug-likeness (QED) is 0.728. The fourth-order valence-electron chi connectivity index (χ4n) is 3.89. The van der Waals surface area contributed by atoms with E-state index in [0.29, 0.717) is 22.8 Å². The number of allylic oxidation sites excluding steroid dienone is 5. The molecule has 150 valence electrons. The van der Waals surface area contributed by atoms with Crippen molar-refractivity contribution in [2.45, 2.75) is 13.8 Å². The number of ether oxygens (including phenoxy) is 1. The lowest BCUT2D eigenvalue weighted by Gasteiger charge is -2.29. The Kier molecular flexibility index (Phi) is 5.20. The van der Waals surface area contributed by atoms with E-state index >= 15 is 0 Å². The SMILES string of the molecule is C/C=C1/C(=O)C(c2ccc(N3CCOCC3)cc2)=C2N=C(N(C)C)N=C2/C1=C/C. The molecule has 0 radical (unpaired) electrons. The number of carbonyl (C=O) groups is 1. The van der Waals surface area contributed by atoms with E-state index in [1.54, 1.807) is 0 Å². The van der Waals surface area contributed by atoms with Gasteiger partial charge >= 0.3 is 0 Å². The summed E-state index contributed by atoms with van der Waals surface area (Å²) in [5, 5.41) is 0. The lowest BCUT2D eigenvalue weighted by Crippen LogP contribution is -2.36. The third kappa shape index (κ3) is 3.34. The normalized spacial score (nSPS) is 22.2. The van der Waals surface area contributed by atoms with Gasteiger partial charge in [-0.15, -0.1) is 0 Å². The first-order chi connectivity index (χ1) is 14.0.